The van der Waals surface area contributed by atoms with Crippen LogP contribution in [0.1, 0.15) is 29.7 Å². The summed E-state index contributed by atoms with van der Waals surface area (Å²) in [6.45, 7) is 0.819. The number of alkyl halides is 3. The maximum absolute atomic E-state index is 12.4. The molecule has 0 saturated heterocycles. The molecule has 152 valence electrons. The lowest BCUT2D eigenvalue weighted by Gasteiger charge is -2.11. The van der Waals surface area contributed by atoms with E-state index in [9.17, 15) is 13.2 Å². The van der Waals surface area contributed by atoms with Gasteiger partial charge in [0.25, 0.3) is 0 Å². The van der Waals surface area contributed by atoms with Crippen LogP contribution in [0.25, 0.3) is 5.69 Å². The zero-order valence-electron chi connectivity index (χ0n) is 15.5. The number of aromatic nitrogens is 2. The summed E-state index contributed by atoms with van der Waals surface area (Å²) in [5, 5.41) is 8.89. The molecule has 0 amide bonds. The van der Waals surface area contributed by atoms with Gasteiger partial charge in [-0.2, -0.15) is 5.10 Å². The molecule has 3 aromatic rings. The average molecular weight is 422 g/mol. The molecule has 0 unspecified atom stereocenters. The molecule has 0 spiro atoms. The molecule has 8 heteroatoms. The third-order valence-electron chi connectivity index (χ3n) is 4.84. The fraction of sp³-hybridized carbons (Fsp3) is 0.286. The molecule has 4 rings (SSSR count). The zero-order valence-corrected chi connectivity index (χ0v) is 16.2. The number of nitrogens with one attached hydrogen (secondary N) is 1. The minimum absolute atomic E-state index is 0.260. The van der Waals surface area contributed by atoms with Crippen LogP contribution in [-0.4, -0.2) is 22.7 Å². The van der Waals surface area contributed by atoms with E-state index in [1.54, 1.807) is 16.8 Å². The summed E-state index contributed by atoms with van der Waals surface area (Å²) in [7, 11) is 0. The van der Waals surface area contributed by atoms with E-state index in [1.807, 2.05) is 24.3 Å². The Bertz CT molecular complexity index is 999. The number of hydrogen-bond acceptors (Lipinski definition) is 3. The smallest absolute Gasteiger partial charge is 0.406 e. The van der Waals surface area contributed by atoms with Crippen LogP contribution in [0.5, 0.6) is 5.75 Å². The van der Waals surface area contributed by atoms with Crippen molar-refractivity contribution in [1.82, 2.24) is 9.78 Å². The SMILES string of the molecule is FC(F)(F)Oc1ccc(-n2nc(Cc3ccccc3Cl)c3c2NCCCC3)cc1. The summed E-state index contributed by atoms with van der Waals surface area (Å²) >= 11 is 6.33. The standard InChI is InChI=1S/C21H19ClF3N3O/c22-18-7-2-1-5-14(18)13-19-17-6-3-4-12-26-20(17)28(27-19)15-8-10-16(11-9-15)29-21(23,24)25/h1-2,5,7-11,26H,3-4,6,12-13H2. The summed E-state index contributed by atoms with van der Waals surface area (Å²) in [4.78, 5) is 0. The number of hydrogen-bond donors (Lipinski definition) is 1. The van der Waals surface area contributed by atoms with Crippen LogP contribution in [0, 0.1) is 0 Å². The van der Waals surface area contributed by atoms with Gasteiger partial charge in [0.1, 0.15) is 11.6 Å². The van der Waals surface area contributed by atoms with Crippen molar-refractivity contribution in [1.29, 1.82) is 0 Å². The minimum atomic E-state index is -4.71. The molecule has 2 heterocycles. The van der Waals surface area contributed by atoms with Crippen LogP contribution in [0.3, 0.4) is 0 Å². The van der Waals surface area contributed by atoms with Crippen molar-refractivity contribution in [3.63, 3.8) is 0 Å². The third-order valence-corrected chi connectivity index (χ3v) is 5.21. The summed E-state index contributed by atoms with van der Waals surface area (Å²) in [6.07, 6.45) is -1.16. The van der Waals surface area contributed by atoms with Gasteiger partial charge in [-0.3, -0.25) is 0 Å². The quantitative estimate of drug-likeness (QED) is 0.581. The second-order valence-electron chi connectivity index (χ2n) is 6.88. The second kappa shape index (κ2) is 7.99. The topological polar surface area (TPSA) is 39.1 Å². The van der Waals surface area contributed by atoms with E-state index in [-0.39, 0.29) is 5.75 Å². The normalized spacial score (nSPS) is 14.1. The van der Waals surface area contributed by atoms with Crippen LogP contribution in [0.4, 0.5) is 19.0 Å². The third kappa shape index (κ3) is 4.50. The number of fused-ring (bicyclic) bond motifs is 1. The highest BCUT2D eigenvalue weighted by Gasteiger charge is 2.31. The Hall–Kier alpha value is -2.67. The lowest BCUT2D eigenvalue weighted by atomic mass is 10.0. The molecular formula is C21H19ClF3N3O. The summed E-state index contributed by atoms with van der Waals surface area (Å²) < 4.78 is 43.0. The first-order chi connectivity index (χ1) is 13.9. The molecule has 1 aliphatic heterocycles. The first kappa shape index (κ1) is 19.6. The highest BCUT2D eigenvalue weighted by molar-refractivity contribution is 6.31. The van der Waals surface area contributed by atoms with Crippen molar-refractivity contribution in [2.24, 2.45) is 0 Å². The van der Waals surface area contributed by atoms with Gasteiger partial charge >= 0.3 is 6.36 Å². The van der Waals surface area contributed by atoms with Gasteiger partial charge in [-0.1, -0.05) is 29.8 Å². The molecule has 0 aliphatic carbocycles. The summed E-state index contributed by atoms with van der Waals surface area (Å²) in [5.41, 5.74) is 3.69. The predicted octanol–water partition coefficient (Wildman–Crippen LogP) is 5.76. The van der Waals surface area contributed by atoms with Gasteiger partial charge in [0.2, 0.25) is 0 Å². The van der Waals surface area contributed by atoms with Crippen LogP contribution in [0.15, 0.2) is 48.5 Å². The lowest BCUT2D eigenvalue weighted by Crippen LogP contribution is -2.17. The molecule has 0 fully saturated rings. The van der Waals surface area contributed by atoms with Crippen molar-refractivity contribution in [3.8, 4) is 11.4 Å². The predicted molar refractivity (Wildman–Crippen MR) is 106 cm³/mol. The number of halogens is 4. The fourth-order valence-electron chi connectivity index (χ4n) is 3.51. The van der Waals surface area contributed by atoms with Gasteiger partial charge in [-0.05, 0) is 55.2 Å². The first-order valence-electron chi connectivity index (χ1n) is 9.35. The van der Waals surface area contributed by atoms with Gasteiger partial charge in [-0.25, -0.2) is 4.68 Å². The van der Waals surface area contributed by atoms with Crippen LogP contribution in [-0.2, 0) is 12.8 Å². The van der Waals surface area contributed by atoms with E-state index in [0.29, 0.717) is 17.1 Å². The van der Waals surface area contributed by atoms with E-state index in [2.05, 4.69) is 10.1 Å². The zero-order chi connectivity index (χ0) is 20.4. The van der Waals surface area contributed by atoms with Crippen molar-refractivity contribution in [3.05, 3.63) is 70.4 Å². The van der Waals surface area contributed by atoms with Gasteiger partial charge in [0.05, 0.1) is 11.4 Å². The Kier molecular flexibility index (Phi) is 5.41. The Morgan fingerprint density at radius 2 is 1.83 bits per heavy atom. The molecule has 1 aromatic heterocycles. The summed E-state index contributed by atoms with van der Waals surface area (Å²) in [6, 6.07) is 13.4. The molecule has 0 radical (unpaired) electrons. The number of ether oxygens (including phenoxy) is 1. The van der Waals surface area contributed by atoms with Crippen molar-refractivity contribution < 1.29 is 17.9 Å². The maximum atomic E-state index is 12.4. The molecule has 1 aliphatic rings. The highest BCUT2D eigenvalue weighted by Crippen LogP contribution is 2.31. The van der Waals surface area contributed by atoms with Gasteiger partial charge in [0.15, 0.2) is 0 Å². The largest absolute Gasteiger partial charge is 0.573 e. The lowest BCUT2D eigenvalue weighted by molar-refractivity contribution is -0.274. The van der Waals surface area contributed by atoms with Crippen molar-refractivity contribution >= 4 is 17.4 Å². The van der Waals surface area contributed by atoms with E-state index in [0.717, 1.165) is 48.4 Å². The molecule has 2 aromatic carbocycles. The fourth-order valence-corrected chi connectivity index (χ4v) is 3.72. The molecule has 0 bridgehead atoms. The number of rotatable bonds is 4. The summed E-state index contributed by atoms with van der Waals surface area (Å²) in [5.74, 6) is 0.623. The van der Waals surface area contributed by atoms with E-state index >= 15 is 0 Å². The number of benzene rings is 2. The average Bonchev–Trinajstić information content (AvgIpc) is 2.85. The highest BCUT2D eigenvalue weighted by atomic mass is 35.5. The Morgan fingerprint density at radius 3 is 2.55 bits per heavy atom. The van der Waals surface area contributed by atoms with Crippen LogP contribution in [0.2, 0.25) is 5.02 Å². The molecule has 29 heavy (non-hydrogen) atoms. The molecule has 0 saturated carbocycles. The van der Waals surface area contributed by atoms with Crippen LogP contribution < -0.4 is 10.1 Å². The molecule has 0 atom stereocenters. The molecule has 1 N–H and O–H groups in total. The Labute approximate surface area is 171 Å². The molecular weight excluding hydrogens is 403 g/mol. The molecule has 4 nitrogen and oxygen atoms in total. The number of nitrogens with zero attached hydrogens (tertiary/aromatic N) is 2. The van der Waals surface area contributed by atoms with E-state index < -0.39 is 6.36 Å². The van der Waals surface area contributed by atoms with Crippen LogP contribution >= 0.6 is 11.6 Å². The van der Waals surface area contributed by atoms with E-state index in [1.165, 1.54) is 12.1 Å². The Balaban J connectivity index is 1.70. The second-order valence-corrected chi connectivity index (χ2v) is 7.29. The first-order valence-corrected chi connectivity index (χ1v) is 9.73. The van der Waals surface area contributed by atoms with Gasteiger partial charge in [0, 0.05) is 23.6 Å². The Morgan fingerprint density at radius 1 is 1.07 bits per heavy atom. The van der Waals surface area contributed by atoms with Gasteiger partial charge in [-0.15, -0.1) is 13.2 Å². The minimum Gasteiger partial charge on any atom is -0.406 e. The van der Waals surface area contributed by atoms with Crippen molar-refractivity contribution in [2.45, 2.75) is 32.0 Å². The maximum Gasteiger partial charge on any atom is 0.573 e. The number of anilines is 1. The van der Waals surface area contributed by atoms with Crippen molar-refractivity contribution in [2.75, 3.05) is 11.9 Å². The monoisotopic (exact) mass is 421 g/mol. The van der Waals surface area contributed by atoms with E-state index in [4.69, 9.17) is 16.7 Å². The van der Waals surface area contributed by atoms with Gasteiger partial charge < -0.3 is 10.1 Å².